The molecule has 6 nitrogen and oxygen atoms in total. The lowest BCUT2D eigenvalue weighted by Gasteiger charge is -2.05. The lowest BCUT2D eigenvalue weighted by Crippen LogP contribution is -2.07. The number of allylic oxidation sites excluding steroid dienone is 3. The molecule has 118 valence electrons. The summed E-state index contributed by atoms with van der Waals surface area (Å²) in [5, 5.41) is 28.1. The van der Waals surface area contributed by atoms with Gasteiger partial charge in [-0.05, 0) is 43.5 Å². The normalized spacial score (nSPS) is 12.1. The van der Waals surface area contributed by atoms with Crippen LogP contribution in [0.15, 0.2) is 41.0 Å². The molecule has 0 aliphatic rings. The van der Waals surface area contributed by atoms with Gasteiger partial charge in [0.05, 0.1) is 11.5 Å². The van der Waals surface area contributed by atoms with Crippen LogP contribution in [0, 0.1) is 0 Å². The van der Waals surface area contributed by atoms with Gasteiger partial charge < -0.3 is 20.1 Å². The predicted octanol–water partition coefficient (Wildman–Crippen LogP) is 2.53. The Bertz CT molecular complexity index is 633. The summed E-state index contributed by atoms with van der Waals surface area (Å²) in [7, 11) is 0. The fourth-order valence-corrected chi connectivity index (χ4v) is 1.98. The van der Waals surface area contributed by atoms with E-state index >= 15 is 0 Å². The highest BCUT2D eigenvalue weighted by molar-refractivity contribution is 8.03. The van der Waals surface area contributed by atoms with Gasteiger partial charge in [0.2, 0.25) is 5.76 Å². The van der Waals surface area contributed by atoms with Gasteiger partial charge in [0.25, 0.3) is 0 Å². The monoisotopic (exact) mass is 324 g/mol. The van der Waals surface area contributed by atoms with E-state index in [0.717, 1.165) is 23.9 Å². The van der Waals surface area contributed by atoms with Gasteiger partial charge in [-0.1, -0.05) is 0 Å². The Balaban J connectivity index is 3.01. The molecule has 0 radical (unpaired) electrons. The minimum Gasteiger partial charge on any atom is -0.504 e. The lowest BCUT2D eigenvalue weighted by molar-refractivity contribution is -0.141. The summed E-state index contributed by atoms with van der Waals surface area (Å²) in [6, 6.07) is 3.69. The number of ketones is 1. The molecule has 1 rings (SSSR count). The maximum Gasteiger partial charge on any atom is 0.373 e. The number of aliphatic hydroxyl groups is 1. The van der Waals surface area contributed by atoms with Crippen molar-refractivity contribution in [3.05, 3.63) is 46.6 Å². The predicted molar refractivity (Wildman–Crippen MR) is 83.0 cm³/mol. The number of phenols is 2. The van der Waals surface area contributed by atoms with Crippen LogP contribution in [0.1, 0.15) is 17.3 Å². The molecule has 0 saturated heterocycles. The summed E-state index contributed by atoms with van der Waals surface area (Å²) < 4.78 is 4.60. The van der Waals surface area contributed by atoms with Crippen LogP contribution in [-0.4, -0.2) is 39.9 Å². The van der Waals surface area contributed by atoms with E-state index in [0.29, 0.717) is 0 Å². The van der Waals surface area contributed by atoms with Crippen molar-refractivity contribution < 1.29 is 29.6 Å². The van der Waals surface area contributed by atoms with Gasteiger partial charge in [-0.15, -0.1) is 11.8 Å². The number of carbonyl (C=O) groups is 2. The van der Waals surface area contributed by atoms with E-state index in [9.17, 15) is 24.9 Å². The summed E-state index contributed by atoms with van der Waals surface area (Å²) in [5.74, 6) is -2.65. The number of esters is 1. The van der Waals surface area contributed by atoms with Crippen molar-refractivity contribution in [1.82, 2.24) is 0 Å². The number of aliphatic hydroxyl groups excluding tert-OH is 1. The Kier molecular flexibility index (Phi) is 6.52. The third kappa shape index (κ3) is 4.56. The van der Waals surface area contributed by atoms with Crippen LogP contribution in [0.25, 0.3) is 0 Å². The van der Waals surface area contributed by atoms with Gasteiger partial charge in [0.15, 0.2) is 17.3 Å². The number of carbonyl (C=O) groups excluding carboxylic acids is 2. The van der Waals surface area contributed by atoms with Gasteiger partial charge in [-0.25, -0.2) is 4.79 Å². The molecule has 0 saturated carbocycles. The third-order valence-corrected chi connectivity index (χ3v) is 3.32. The zero-order valence-electron chi connectivity index (χ0n) is 12.1. The second-order valence-corrected chi connectivity index (χ2v) is 4.89. The van der Waals surface area contributed by atoms with E-state index < -0.39 is 23.3 Å². The van der Waals surface area contributed by atoms with Gasteiger partial charge in [0.1, 0.15) is 0 Å². The number of aromatic hydroxyl groups is 2. The van der Waals surface area contributed by atoms with Crippen LogP contribution in [-0.2, 0) is 9.53 Å². The molecule has 0 bridgehead atoms. The largest absolute Gasteiger partial charge is 0.504 e. The van der Waals surface area contributed by atoms with Gasteiger partial charge in [0, 0.05) is 5.56 Å². The zero-order valence-corrected chi connectivity index (χ0v) is 12.9. The molecule has 7 heteroatoms. The van der Waals surface area contributed by atoms with Crippen molar-refractivity contribution in [2.75, 3.05) is 12.9 Å². The van der Waals surface area contributed by atoms with Crippen molar-refractivity contribution in [1.29, 1.82) is 0 Å². The Labute approximate surface area is 131 Å². The second kappa shape index (κ2) is 8.14. The van der Waals surface area contributed by atoms with Gasteiger partial charge in [-0.2, -0.15) is 0 Å². The Morgan fingerprint density at radius 3 is 2.45 bits per heavy atom. The van der Waals surface area contributed by atoms with Crippen molar-refractivity contribution >= 4 is 23.5 Å². The molecule has 22 heavy (non-hydrogen) atoms. The summed E-state index contributed by atoms with van der Waals surface area (Å²) in [4.78, 5) is 23.7. The molecule has 0 aromatic heterocycles. The molecule has 1 aromatic carbocycles. The van der Waals surface area contributed by atoms with Crippen molar-refractivity contribution in [2.24, 2.45) is 0 Å². The molecule has 0 heterocycles. The van der Waals surface area contributed by atoms with Crippen LogP contribution in [0.4, 0.5) is 0 Å². The average Bonchev–Trinajstić information content (AvgIpc) is 2.50. The number of Topliss-reactive ketones (excluding diaryl/α,β-unsaturated/α-hetero) is 1. The number of rotatable bonds is 6. The van der Waals surface area contributed by atoms with Crippen LogP contribution in [0.5, 0.6) is 11.5 Å². The minimum atomic E-state index is -0.881. The summed E-state index contributed by atoms with van der Waals surface area (Å²) in [6.07, 6.45) is 4.00. The van der Waals surface area contributed by atoms with Gasteiger partial charge in [-0.3, -0.25) is 4.79 Å². The highest BCUT2D eigenvalue weighted by Crippen LogP contribution is 2.27. The van der Waals surface area contributed by atoms with Gasteiger partial charge >= 0.3 is 5.97 Å². The third-order valence-electron chi connectivity index (χ3n) is 2.56. The fourth-order valence-electron chi connectivity index (χ4n) is 1.47. The molecule has 0 aliphatic heterocycles. The molecule has 0 aliphatic carbocycles. The number of hydrogen-bond donors (Lipinski definition) is 3. The topological polar surface area (TPSA) is 104 Å². The molecule has 1 aromatic rings. The zero-order chi connectivity index (χ0) is 16.7. The molecule has 0 atom stereocenters. The van der Waals surface area contributed by atoms with Crippen LogP contribution in [0.3, 0.4) is 0 Å². The molecule has 0 unspecified atom stereocenters. The molecule has 0 fully saturated rings. The molecule has 3 N–H and O–H groups in total. The van der Waals surface area contributed by atoms with E-state index in [4.69, 9.17) is 0 Å². The lowest BCUT2D eigenvalue weighted by atomic mass is 10.1. The highest BCUT2D eigenvalue weighted by Gasteiger charge is 2.14. The first-order valence-electron chi connectivity index (χ1n) is 6.29. The smallest absolute Gasteiger partial charge is 0.373 e. The number of thioether (sulfide) groups is 1. The standard InChI is InChI=1S/C15H16O6S/c1-3-21-15(20)11(17)6-7-13(22-2)14(19)9-4-5-10(16)12(18)8-9/h4-8,16-18H,3H2,1-2H3. The average molecular weight is 324 g/mol. The summed E-state index contributed by atoms with van der Waals surface area (Å²) in [5.41, 5.74) is 0.167. The molecular weight excluding hydrogens is 308 g/mol. The number of phenolic OH excluding ortho intramolecular Hbond substituents is 2. The summed E-state index contributed by atoms with van der Waals surface area (Å²) >= 11 is 1.11. The Morgan fingerprint density at radius 2 is 1.91 bits per heavy atom. The van der Waals surface area contributed by atoms with Crippen molar-refractivity contribution in [3.8, 4) is 11.5 Å². The van der Waals surface area contributed by atoms with E-state index in [2.05, 4.69) is 4.74 Å². The second-order valence-electron chi connectivity index (χ2n) is 4.04. The SMILES string of the molecule is CCOC(=O)C(O)=CC=C(SC)C(=O)c1ccc(O)c(O)c1. The molecule has 0 spiro atoms. The maximum atomic E-state index is 12.2. The Morgan fingerprint density at radius 1 is 1.23 bits per heavy atom. The van der Waals surface area contributed by atoms with Crippen molar-refractivity contribution in [3.63, 3.8) is 0 Å². The van der Waals surface area contributed by atoms with E-state index in [1.807, 2.05) is 0 Å². The van der Waals surface area contributed by atoms with Crippen LogP contribution < -0.4 is 0 Å². The van der Waals surface area contributed by atoms with E-state index in [1.54, 1.807) is 13.2 Å². The first-order chi connectivity index (χ1) is 10.4. The fraction of sp³-hybridized carbons (Fsp3) is 0.200. The van der Waals surface area contributed by atoms with Crippen LogP contribution >= 0.6 is 11.8 Å². The number of hydrogen-bond acceptors (Lipinski definition) is 7. The van der Waals surface area contributed by atoms with E-state index in [-0.39, 0.29) is 22.8 Å². The maximum absolute atomic E-state index is 12.2. The Hall–Kier alpha value is -2.41. The quantitative estimate of drug-likeness (QED) is 0.184. The first kappa shape index (κ1) is 17.6. The molecule has 0 amide bonds. The number of benzene rings is 1. The summed E-state index contributed by atoms with van der Waals surface area (Å²) in [6.45, 7) is 1.73. The van der Waals surface area contributed by atoms with E-state index in [1.165, 1.54) is 18.2 Å². The van der Waals surface area contributed by atoms with Crippen molar-refractivity contribution in [2.45, 2.75) is 6.92 Å². The minimum absolute atomic E-state index is 0.127. The van der Waals surface area contributed by atoms with Crippen LogP contribution in [0.2, 0.25) is 0 Å². The number of ether oxygens (including phenoxy) is 1. The first-order valence-corrected chi connectivity index (χ1v) is 7.51. The molecular formula is C15H16O6S. The highest BCUT2D eigenvalue weighted by atomic mass is 32.2.